The van der Waals surface area contributed by atoms with E-state index in [1.807, 2.05) is 32.2 Å². The number of phenols is 1. The minimum atomic E-state index is -0.519. The number of aliphatic imine (C=N–C) groups is 4. The molecule has 0 unspecified atom stereocenters. The molecule has 0 bridgehead atoms. The van der Waals surface area contributed by atoms with Gasteiger partial charge in [-0.25, -0.2) is 73.6 Å². The van der Waals surface area contributed by atoms with Gasteiger partial charge in [-0.15, -0.1) is 0 Å². The number of aromatic hydroxyl groups is 1. The number of hydrazine groups is 4. The van der Waals surface area contributed by atoms with Crippen LogP contribution in [0.1, 0.15) is 161 Å². The summed E-state index contributed by atoms with van der Waals surface area (Å²) >= 11 is 27.5. The van der Waals surface area contributed by atoms with Crippen molar-refractivity contribution in [2.24, 2.45) is 20.0 Å². The third-order valence-corrected chi connectivity index (χ3v) is 27.6. The van der Waals surface area contributed by atoms with E-state index in [1.54, 1.807) is 45.1 Å². The number of morpholine rings is 1. The largest absolute Gasteiger partial charge is 0.507 e. The van der Waals surface area contributed by atoms with Crippen molar-refractivity contribution in [3.63, 3.8) is 0 Å². The monoisotopic (exact) mass is 1840 g/mol. The molecule has 13 aliphatic rings. The summed E-state index contributed by atoms with van der Waals surface area (Å²) in [6, 6.07) is 17.6. The van der Waals surface area contributed by atoms with Gasteiger partial charge in [-0.1, -0.05) is 85.0 Å². The summed E-state index contributed by atoms with van der Waals surface area (Å²) < 4.78 is 77.1. The van der Waals surface area contributed by atoms with Crippen LogP contribution >= 0.6 is 95.9 Å². The van der Waals surface area contributed by atoms with Crippen LogP contribution < -0.4 is 35.9 Å². The zero-order valence-corrected chi connectivity index (χ0v) is 72.5. The second kappa shape index (κ2) is 47.9. The molecular formula is C86H113F4N17O8S8. The van der Waals surface area contributed by atoms with Crippen LogP contribution in [0.2, 0.25) is 0 Å². The lowest BCUT2D eigenvalue weighted by Gasteiger charge is -2.39. The van der Waals surface area contributed by atoms with E-state index >= 15 is 0 Å². The highest BCUT2D eigenvalue weighted by Crippen LogP contribution is 2.40. The Labute approximate surface area is 758 Å². The number of carbonyl (C=O) groups excluding carboxylic acids is 3. The van der Waals surface area contributed by atoms with Crippen LogP contribution in [0.4, 0.5) is 31.9 Å². The second-order valence-electron chi connectivity index (χ2n) is 30.0. The van der Waals surface area contributed by atoms with Crippen molar-refractivity contribution in [3.05, 3.63) is 138 Å². The first-order valence-electron chi connectivity index (χ1n) is 40.8. The van der Waals surface area contributed by atoms with Gasteiger partial charge in [-0.2, -0.15) is 0 Å². The lowest BCUT2D eigenvalue weighted by atomic mass is 10.0. The average Bonchev–Trinajstić information content (AvgIpc) is 1.74. The number of nitrogens with zero attached hydrogens (tertiary/aromatic N) is 13. The number of thioether (sulfide) groups is 4. The van der Waals surface area contributed by atoms with Crippen molar-refractivity contribution in [1.29, 1.82) is 0 Å². The number of halogens is 4. The molecule has 13 heterocycles. The van der Waals surface area contributed by atoms with E-state index < -0.39 is 41.5 Å². The molecule has 4 aromatic rings. The quantitative estimate of drug-likeness (QED) is 0.0595. The maximum atomic E-state index is 14.1. The van der Waals surface area contributed by atoms with Gasteiger partial charge in [-0.3, -0.25) is 20.0 Å². The van der Waals surface area contributed by atoms with Crippen molar-refractivity contribution >= 4 is 179 Å². The normalized spacial score (nSPS) is 21.9. The van der Waals surface area contributed by atoms with Gasteiger partial charge in [0, 0.05) is 150 Å². The summed E-state index contributed by atoms with van der Waals surface area (Å²) in [6.07, 6.45) is 25.0. The lowest BCUT2D eigenvalue weighted by molar-refractivity contribution is 0.0415. The molecule has 0 aromatic heterocycles. The third kappa shape index (κ3) is 27.1. The first kappa shape index (κ1) is 97.7. The van der Waals surface area contributed by atoms with Gasteiger partial charge in [0.25, 0.3) is 0 Å². The fraction of sp³-hybridized carbons (Fsp3) is 0.500. The van der Waals surface area contributed by atoms with Crippen molar-refractivity contribution in [2.75, 3.05) is 131 Å². The third-order valence-electron chi connectivity index (χ3n) is 21.7. The van der Waals surface area contributed by atoms with Gasteiger partial charge in [0.05, 0.1) is 32.8 Å². The lowest BCUT2D eigenvalue weighted by Crippen LogP contribution is -2.48. The van der Waals surface area contributed by atoms with E-state index in [4.69, 9.17) is 67.8 Å². The number of likely N-dealkylation sites (tertiary alicyclic amines) is 4. The summed E-state index contributed by atoms with van der Waals surface area (Å²) in [4.78, 5) is 71.4. The highest BCUT2D eigenvalue weighted by molar-refractivity contribution is 8.20. The number of benzene rings is 4. The van der Waals surface area contributed by atoms with E-state index in [9.17, 15) is 37.1 Å². The summed E-state index contributed by atoms with van der Waals surface area (Å²) in [6.45, 7) is 16.3. The van der Waals surface area contributed by atoms with Crippen molar-refractivity contribution < 1.29 is 56.0 Å². The van der Waals surface area contributed by atoms with Crippen LogP contribution in [-0.4, -0.2) is 252 Å². The van der Waals surface area contributed by atoms with Crippen LogP contribution in [0, 0.1) is 23.3 Å². The summed E-state index contributed by atoms with van der Waals surface area (Å²) in [7, 11) is 0. The van der Waals surface area contributed by atoms with E-state index in [2.05, 4.69) is 51.5 Å². The topological polar surface area (TPSA) is 235 Å². The maximum absolute atomic E-state index is 14.1. The van der Waals surface area contributed by atoms with Crippen molar-refractivity contribution in [1.82, 2.24) is 66.2 Å². The minimum absolute atomic E-state index is 0. The first-order chi connectivity index (χ1) is 57.9. The fourth-order valence-electron chi connectivity index (χ4n) is 15.2. The smallest absolute Gasteiger partial charge is 0.415 e. The second-order valence-corrected chi connectivity index (χ2v) is 35.6. The number of ether oxygens (including phenoxy) is 4. The molecule has 17 rings (SSSR count). The molecule has 0 spiro atoms. The number of amidine groups is 4. The number of carbonyl (C=O) groups is 3. The van der Waals surface area contributed by atoms with E-state index in [0.717, 1.165) is 202 Å². The van der Waals surface area contributed by atoms with Crippen molar-refractivity contribution in [3.8, 4) is 23.0 Å². The summed E-state index contributed by atoms with van der Waals surface area (Å²) in [5.41, 5.74) is 15.6. The molecule has 0 radical (unpaired) electrons. The van der Waals surface area contributed by atoms with Crippen LogP contribution in [0.3, 0.4) is 0 Å². The number of nitrogens with one attached hydrogen (secondary N) is 4. The van der Waals surface area contributed by atoms with Crippen LogP contribution in [0.15, 0.2) is 112 Å². The van der Waals surface area contributed by atoms with Gasteiger partial charge in [-0.05, 0) is 249 Å². The summed E-state index contributed by atoms with van der Waals surface area (Å²) in [5.74, 6) is -1.39. The number of piperidine rings is 3. The fourth-order valence-corrected chi connectivity index (χ4v) is 20.2. The Balaban J connectivity index is 0.000000172. The van der Waals surface area contributed by atoms with Gasteiger partial charge >= 0.3 is 18.3 Å². The molecule has 123 heavy (non-hydrogen) atoms. The van der Waals surface area contributed by atoms with Crippen molar-refractivity contribution in [2.45, 2.75) is 151 Å². The Morgan fingerprint density at radius 3 is 0.935 bits per heavy atom. The van der Waals surface area contributed by atoms with Gasteiger partial charge in [0.2, 0.25) is 0 Å². The Morgan fingerprint density at radius 2 is 0.642 bits per heavy atom. The molecule has 9 saturated heterocycles. The average molecular weight is 1850 g/mol. The first-order valence-corrected chi connectivity index (χ1v) is 45.7. The van der Waals surface area contributed by atoms with E-state index in [0.29, 0.717) is 107 Å². The van der Waals surface area contributed by atoms with E-state index in [1.165, 1.54) is 128 Å². The summed E-state index contributed by atoms with van der Waals surface area (Å²) in [5, 5.41) is 21.1. The molecule has 37 heteroatoms. The number of rotatable bonds is 9. The maximum Gasteiger partial charge on any atom is 0.415 e. The Kier molecular flexibility index (Phi) is 38.1. The molecule has 9 fully saturated rings. The van der Waals surface area contributed by atoms with Gasteiger partial charge in [0.1, 0.15) is 66.2 Å². The SMILES string of the molecule is C.C.C.C.O=C(Oc1cc(F)ccc1/C=C1\SC(N2CCCCN2)=NC1=S)N1CCC(N2CCCC2)CC1.O=C(Oc1cc(F)ccc1/C=C1\SC(N2CCCCN2)=NC1=S)N1CCC(N2CCCCC2)CC1.O=C(Oc1cc(F)ccc1/C=C1\SC(N2CCCCN2)=NC1=S)N1CCOCC1.Oc1cc(F)ccc1/C=C1\SC(N2CCCCN2)=NC1=S. The highest BCUT2D eigenvalue weighted by atomic mass is 32.2. The molecule has 13 aliphatic heterocycles. The molecule has 0 atom stereocenters. The molecule has 4 aromatic carbocycles. The number of thiocarbonyl (C=S) groups is 4. The van der Waals surface area contributed by atoms with Crippen LogP contribution in [0.5, 0.6) is 23.0 Å². The standard InChI is InChI=1S/C25H32FN5O2S2.C24H30FN5O2S2.C19H21FN4O3S2.C14H14FN3OS2.4CH4/c26-19-7-6-18(16-22-23(34)28-24(35-22)31-13-5-2-10-27-31)21(17-19)33-25(32)30-14-8-20(9-15-30)29-11-3-1-4-12-29;25-18-6-5-17(15-21-22(33)27-23(34-21)30-12-2-1-9-26-30)20(16-18)32-24(31)29-13-7-19(8-14-29)28-10-3-4-11-28;20-14-4-3-13(15(12-14)27-19(25)23-7-9-26-10-8-23)11-16-17(28)22-18(29-16)24-6-2-1-5-21-24;15-10-4-3-9(11(19)8-10)7-12-13(20)17-14(21-12)18-6-2-1-5-16-18;;;;/h6-7,16-17,20,27H,1-5,8-15H2;5-6,15-16,19,26H,1-4,7-14H2;3-4,11-12,21H,1-2,5-10H2;3-4,7-8,16,19H,1-2,5-6H2;4*1H4/b22-16-;21-15-;16-11-;12-7-;;;;. The Morgan fingerprint density at radius 1 is 0.374 bits per heavy atom. The molecule has 3 amide bonds. The Bertz CT molecular complexity index is 4660. The molecule has 666 valence electrons. The van der Waals surface area contributed by atoms with Crippen LogP contribution in [-0.2, 0) is 4.74 Å². The molecule has 25 nitrogen and oxygen atoms in total. The number of amides is 3. The molecular weight excluding hydrogens is 1730 g/mol. The van der Waals surface area contributed by atoms with Crippen LogP contribution in [0.25, 0.3) is 24.3 Å². The Hall–Kier alpha value is -7.47. The number of phenolic OH excluding ortho intramolecular Hbond substituents is 1. The van der Waals surface area contributed by atoms with E-state index in [-0.39, 0.29) is 52.7 Å². The van der Waals surface area contributed by atoms with Gasteiger partial charge in [0.15, 0.2) is 20.7 Å². The molecule has 0 aliphatic carbocycles. The minimum Gasteiger partial charge on any atom is -0.507 e. The number of hydrogen-bond acceptors (Lipinski definition) is 26. The molecule has 5 N–H and O–H groups in total. The predicted octanol–water partition coefficient (Wildman–Crippen LogP) is 17.4. The highest BCUT2D eigenvalue weighted by Gasteiger charge is 2.35. The van der Waals surface area contributed by atoms with Gasteiger partial charge < -0.3 is 48.6 Å². The zero-order chi connectivity index (χ0) is 82.7. The molecule has 0 saturated carbocycles. The number of hydrogen-bond donors (Lipinski definition) is 5. The predicted molar refractivity (Wildman–Crippen MR) is 508 cm³/mol. The zero-order valence-electron chi connectivity index (χ0n) is 66.0.